The maximum absolute atomic E-state index is 12.9. The van der Waals surface area contributed by atoms with Gasteiger partial charge in [-0.25, -0.2) is 14.6 Å². The van der Waals surface area contributed by atoms with Crippen molar-refractivity contribution in [3.05, 3.63) is 71.8 Å². The average Bonchev–Trinajstić information content (AvgIpc) is 2.89. The van der Waals surface area contributed by atoms with Gasteiger partial charge in [0.2, 0.25) is 5.88 Å². The Hall–Kier alpha value is -4.32. The predicted octanol–water partition coefficient (Wildman–Crippen LogP) is 5.09. The molecule has 0 bridgehead atoms. The number of pyridine rings is 1. The van der Waals surface area contributed by atoms with Crippen LogP contribution in [-0.2, 0) is 22.4 Å². The van der Waals surface area contributed by atoms with Crippen LogP contribution in [0.25, 0.3) is 10.9 Å². The molecule has 12 heteroatoms. The molecule has 0 fully saturated rings. The molecule has 2 aromatic carbocycles. The summed E-state index contributed by atoms with van der Waals surface area (Å²) >= 11 is 0. The Labute approximate surface area is 223 Å². The van der Waals surface area contributed by atoms with Crippen molar-refractivity contribution >= 4 is 28.5 Å². The Balaban J connectivity index is 0.000000580. The van der Waals surface area contributed by atoms with Gasteiger partial charge in [0.05, 0.1) is 23.9 Å². The topological polar surface area (TPSA) is 144 Å². The molecule has 3 rings (SSSR count). The number of hydrogen-bond donors (Lipinski definition) is 4. The Morgan fingerprint density at radius 3 is 2.38 bits per heavy atom. The van der Waals surface area contributed by atoms with Gasteiger partial charge >= 0.3 is 18.1 Å². The number of nitrogens with two attached hydrogens (primary N) is 1. The van der Waals surface area contributed by atoms with E-state index in [1.165, 1.54) is 6.07 Å². The van der Waals surface area contributed by atoms with Crippen LogP contribution in [0.1, 0.15) is 30.9 Å². The molecule has 0 aliphatic carbocycles. The van der Waals surface area contributed by atoms with E-state index in [-0.39, 0.29) is 12.6 Å². The van der Waals surface area contributed by atoms with E-state index in [0.29, 0.717) is 41.4 Å². The third kappa shape index (κ3) is 10.5. The van der Waals surface area contributed by atoms with Crippen LogP contribution in [-0.4, -0.2) is 46.8 Å². The van der Waals surface area contributed by atoms with E-state index in [1.807, 2.05) is 18.2 Å². The highest BCUT2D eigenvalue weighted by Crippen LogP contribution is 2.32. The van der Waals surface area contributed by atoms with E-state index in [1.54, 1.807) is 19.2 Å². The van der Waals surface area contributed by atoms with Crippen LogP contribution in [0.15, 0.2) is 60.7 Å². The molecule has 0 aliphatic heterocycles. The number of fused-ring (bicyclic) bond motifs is 1. The van der Waals surface area contributed by atoms with Crippen molar-refractivity contribution in [1.82, 2.24) is 4.98 Å². The number of aromatic nitrogens is 1. The lowest BCUT2D eigenvalue weighted by molar-refractivity contribution is -0.137. The van der Waals surface area contributed by atoms with Crippen molar-refractivity contribution in [1.29, 1.82) is 0 Å². The monoisotopic (exact) mass is 549 g/mol. The summed E-state index contributed by atoms with van der Waals surface area (Å²) in [7, 11) is 1.60. The molecule has 1 aromatic heterocycles. The molecule has 0 aliphatic rings. The third-order valence-electron chi connectivity index (χ3n) is 5.23. The van der Waals surface area contributed by atoms with Crippen molar-refractivity contribution in [2.45, 2.75) is 38.6 Å². The number of methoxy groups -OCH3 is 1. The van der Waals surface area contributed by atoms with Crippen LogP contribution < -0.4 is 20.5 Å². The second-order valence-electron chi connectivity index (χ2n) is 8.37. The van der Waals surface area contributed by atoms with Crippen molar-refractivity contribution in [3.8, 4) is 11.6 Å². The number of alkyl halides is 3. The number of benzene rings is 2. The normalized spacial score (nSPS) is 11.9. The Morgan fingerprint density at radius 2 is 1.79 bits per heavy atom. The molecular weight excluding hydrogens is 519 g/mol. The summed E-state index contributed by atoms with van der Waals surface area (Å²) in [6.07, 6.45) is -1.47. The standard InChI is InChI=1S/C23H26F3N3O2.C4H4O4/c1-15(5-4-10-27)28-20-13-19(30-2)12-17-8-9-21(29-22(17)20)31-14-16-6-3-7-18(11-16)23(24,25)26;5-3(6)1-2-4(7)8/h3,6-9,11-13,15,28H,4-5,10,14,27H2,1-2H3;1-2H,(H,5,6)(H,7,8)/b;2-1-. The number of hydrogen-bond acceptors (Lipinski definition) is 7. The molecule has 0 saturated heterocycles. The zero-order valence-electron chi connectivity index (χ0n) is 21.4. The van der Waals surface area contributed by atoms with E-state index in [9.17, 15) is 22.8 Å². The Morgan fingerprint density at radius 1 is 1.10 bits per heavy atom. The highest BCUT2D eigenvalue weighted by Gasteiger charge is 2.30. The number of nitrogens with zero attached hydrogens (tertiary/aromatic N) is 1. The lowest BCUT2D eigenvalue weighted by Gasteiger charge is -2.18. The second kappa shape index (κ2) is 14.6. The SMILES string of the molecule is COc1cc(NC(C)CCCN)c2nc(OCc3cccc(C(F)(F)F)c3)ccc2c1.O=C(O)/C=C\C(=O)O. The number of ether oxygens (including phenoxy) is 2. The number of aliphatic carboxylic acids is 2. The van der Waals surface area contributed by atoms with E-state index in [0.717, 1.165) is 36.0 Å². The second-order valence-corrected chi connectivity index (χ2v) is 8.37. The van der Waals surface area contributed by atoms with Crippen molar-refractivity contribution in [2.75, 3.05) is 19.0 Å². The first kappa shape index (κ1) is 30.9. The first-order valence-electron chi connectivity index (χ1n) is 11.8. The van der Waals surface area contributed by atoms with E-state index >= 15 is 0 Å². The number of rotatable bonds is 11. The molecule has 0 spiro atoms. The number of carboxylic acids is 2. The van der Waals surface area contributed by atoms with Gasteiger partial charge < -0.3 is 30.7 Å². The van der Waals surface area contributed by atoms with Crippen molar-refractivity contribution in [3.63, 3.8) is 0 Å². The quantitative estimate of drug-likeness (QED) is 0.240. The van der Waals surface area contributed by atoms with Crippen LogP contribution in [0.3, 0.4) is 0 Å². The van der Waals surface area contributed by atoms with Crippen molar-refractivity contribution in [2.24, 2.45) is 5.73 Å². The minimum atomic E-state index is -4.39. The molecule has 0 saturated carbocycles. The van der Waals surface area contributed by atoms with Gasteiger partial charge in [-0.15, -0.1) is 0 Å². The molecule has 5 N–H and O–H groups in total. The summed E-state index contributed by atoms with van der Waals surface area (Å²) in [5.41, 5.74) is 6.81. The first-order valence-corrected chi connectivity index (χ1v) is 11.8. The maximum atomic E-state index is 12.9. The van der Waals surface area contributed by atoms with E-state index in [2.05, 4.69) is 17.2 Å². The molecule has 0 radical (unpaired) electrons. The Kier molecular flexibility index (Phi) is 11.5. The number of carbonyl (C=O) groups is 2. The van der Waals surface area contributed by atoms with Gasteiger partial charge in [-0.3, -0.25) is 0 Å². The summed E-state index contributed by atoms with van der Waals surface area (Å²) < 4.78 is 49.8. The van der Waals surface area contributed by atoms with E-state index in [4.69, 9.17) is 25.4 Å². The van der Waals surface area contributed by atoms with Crippen LogP contribution in [0.4, 0.5) is 18.9 Å². The largest absolute Gasteiger partial charge is 0.497 e. The molecular formula is C27H30F3N3O6. The molecule has 39 heavy (non-hydrogen) atoms. The fourth-order valence-electron chi connectivity index (χ4n) is 3.40. The van der Waals surface area contributed by atoms with Gasteiger partial charge in [0, 0.05) is 35.7 Å². The number of halogens is 3. The fourth-order valence-corrected chi connectivity index (χ4v) is 3.40. The lowest BCUT2D eigenvalue weighted by Crippen LogP contribution is -2.17. The molecule has 1 unspecified atom stereocenters. The van der Waals surface area contributed by atoms with Gasteiger partial charge in [0.25, 0.3) is 0 Å². The Bertz CT molecular complexity index is 1280. The summed E-state index contributed by atoms with van der Waals surface area (Å²) in [6, 6.07) is 12.5. The summed E-state index contributed by atoms with van der Waals surface area (Å²) in [5.74, 6) is -1.49. The smallest absolute Gasteiger partial charge is 0.416 e. The summed E-state index contributed by atoms with van der Waals surface area (Å²) in [4.78, 5) is 23.7. The summed E-state index contributed by atoms with van der Waals surface area (Å²) in [6.45, 7) is 2.67. The first-order chi connectivity index (χ1) is 18.4. The van der Waals surface area contributed by atoms with Crippen molar-refractivity contribution < 1.29 is 42.4 Å². The molecule has 1 heterocycles. The number of nitrogens with one attached hydrogen (secondary N) is 1. The van der Waals surface area contributed by atoms with Crippen LogP contribution >= 0.6 is 0 Å². The highest BCUT2D eigenvalue weighted by atomic mass is 19.4. The molecule has 9 nitrogen and oxygen atoms in total. The third-order valence-corrected chi connectivity index (χ3v) is 5.23. The molecule has 0 amide bonds. The predicted molar refractivity (Wildman–Crippen MR) is 140 cm³/mol. The lowest BCUT2D eigenvalue weighted by atomic mass is 10.1. The average molecular weight is 550 g/mol. The van der Waals surface area contributed by atoms with Gasteiger partial charge in [-0.2, -0.15) is 13.2 Å². The highest BCUT2D eigenvalue weighted by molar-refractivity contribution is 5.92. The minimum Gasteiger partial charge on any atom is -0.497 e. The minimum absolute atomic E-state index is 0.0196. The fraction of sp³-hybridized carbons (Fsp3) is 0.296. The van der Waals surface area contributed by atoms with Crippen LogP contribution in [0, 0.1) is 0 Å². The summed E-state index contributed by atoms with van der Waals surface area (Å²) in [5, 5.41) is 19.9. The van der Waals surface area contributed by atoms with Gasteiger partial charge in [-0.1, -0.05) is 12.1 Å². The molecule has 1 atom stereocenters. The van der Waals surface area contributed by atoms with Crippen LogP contribution in [0.5, 0.6) is 11.6 Å². The zero-order chi connectivity index (χ0) is 29.0. The maximum Gasteiger partial charge on any atom is 0.416 e. The molecule has 210 valence electrons. The number of anilines is 1. The van der Waals surface area contributed by atoms with Crippen LogP contribution in [0.2, 0.25) is 0 Å². The molecule has 3 aromatic rings. The zero-order valence-corrected chi connectivity index (χ0v) is 21.4. The van der Waals surface area contributed by atoms with Gasteiger partial charge in [-0.05, 0) is 56.1 Å². The number of carboxylic acid groups (broad SMARTS) is 2. The van der Waals surface area contributed by atoms with Gasteiger partial charge in [0.1, 0.15) is 12.4 Å². The van der Waals surface area contributed by atoms with E-state index < -0.39 is 23.7 Å². The van der Waals surface area contributed by atoms with Gasteiger partial charge in [0.15, 0.2) is 0 Å².